The summed E-state index contributed by atoms with van der Waals surface area (Å²) in [6.45, 7) is 4.31. The number of allylic oxidation sites excluding steroid dienone is 1. The number of anilines is 2. The van der Waals surface area contributed by atoms with E-state index >= 15 is 0 Å². The van der Waals surface area contributed by atoms with Crippen LogP contribution in [0.15, 0.2) is 89.2 Å². The SMILES string of the molecule is CCCSc1nc2n(n1)C(c1cccc(OCc3ccccc3Cl)c1)C(C(=O)Nc1ccccc1OC)=C(C)N2. The van der Waals surface area contributed by atoms with Crippen LogP contribution in [0.3, 0.4) is 0 Å². The summed E-state index contributed by atoms with van der Waals surface area (Å²) in [5.74, 6) is 2.43. The van der Waals surface area contributed by atoms with Crippen molar-refractivity contribution in [3.05, 3.63) is 100 Å². The van der Waals surface area contributed by atoms with Gasteiger partial charge in [0, 0.05) is 22.0 Å². The van der Waals surface area contributed by atoms with Gasteiger partial charge in [-0.25, -0.2) is 4.68 Å². The molecule has 1 aliphatic rings. The highest BCUT2D eigenvalue weighted by Gasteiger charge is 2.35. The van der Waals surface area contributed by atoms with E-state index in [1.165, 1.54) is 0 Å². The number of carbonyl (C=O) groups excluding carboxylic acids is 1. The molecule has 0 saturated heterocycles. The summed E-state index contributed by atoms with van der Waals surface area (Å²) < 4.78 is 13.3. The lowest BCUT2D eigenvalue weighted by atomic mass is 9.94. The smallest absolute Gasteiger partial charge is 0.255 e. The fourth-order valence-corrected chi connectivity index (χ4v) is 5.35. The van der Waals surface area contributed by atoms with Crippen LogP contribution in [0.2, 0.25) is 5.02 Å². The predicted molar refractivity (Wildman–Crippen MR) is 159 cm³/mol. The minimum Gasteiger partial charge on any atom is -0.495 e. The molecule has 10 heteroatoms. The highest BCUT2D eigenvalue weighted by Crippen LogP contribution is 2.38. The predicted octanol–water partition coefficient (Wildman–Crippen LogP) is 6.95. The molecular weight excluding hydrogens is 546 g/mol. The van der Waals surface area contributed by atoms with Gasteiger partial charge in [0.25, 0.3) is 5.91 Å². The van der Waals surface area contributed by atoms with E-state index in [4.69, 9.17) is 31.2 Å². The molecule has 0 saturated carbocycles. The molecule has 0 aliphatic carbocycles. The standard InChI is InChI=1S/C30H30ClN5O3S/c1-4-16-40-30-34-29-32-19(2)26(28(37)33-24-14-7-8-15-25(24)38-3)27(36(29)35-30)20-11-9-12-22(17-20)39-18-21-10-5-6-13-23(21)31/h5-15,17,27H,4,16,18H2,1-3H3,(H,33,37)(H,32,34,35). The third-order valence-electron chi connectivity index (χ3n) is 6.39. The molecule has 1 amide bonds. The number of benzene rings is 3. The number of methoxy groups -OCH3 is 1. The van der Waals surface area contributed by atoms with E-state index in [1.807, 2.05) is 67.6 Å². The first-order valence-corrected chi connectivity index (χ1v) is 14.3. The van der Waals surface area contributed by atoms with Crippen LogP contribution in [0.25, 0.3) is 0 Å². The zero-order valence-electron chi connectivity index (χ0n) is 22.5. The summed E-state index contributed by atoms with van der Waals surface area (Å²) in [4.78, 5) is 18.6. The van der Waals surface area contributed by atoms with Gasteiger partial charge in [-0.05, 0) is 49.2 Å². The average Bonchev–Trinajstić information content (AvgIpc) is 3.37. The van der Waals surface area contributed by atoms with E-state index in [2.05, 4.69) is 17.6 Å². The van der Waals surface area contributed by atoms with Crippen LogP contribution in [0.5, 0.6) is 11.5 Å². The molecule has 0 radical (unpaired) electrons. The number of nitrogens with one attached hydrogen (secondary N) is 2. The van der Waals surface area contributed by atoms with Crippen LogP contribution in [-0.4, -0.2) is 33.5 Å². The number of para-hydroxylation sites is 2. The fraction of sp³-hybridized carbons (Fsp3) is 0.233. The third kappa shape index (κ3) is 5.95. The molecule has 4 aromatic rings. The Balaban J connectivity index is 1.51. The zero-order valence-corrected chi connectivity index (χ0v) is 24.1. The molecule has 2 N–H and O–H groups in total. The normalized spacial score (nSPS) is 14.3. The molecule has 8 nitrogen and oxygen atoms in total. The molecule has 0 bridgehead atoms. The van der Waals surface area contributed by atoms with E-state index in [0.29, 0.717) is 51.2 Å². The molecule has 0 spiro atoms. The summed E-state index contributed by atoms with van der Waals surface area (Å²) in [6.07, 6.45) is 1.00. The number of halogens is 1. The number of rotatable bonds is 10. The monoisotopic (exact) mass is 575 g/mol. The molecule has 1 atom stereocenters. The van der Waals surface area contributed by atoms with Gasteiger partial charge in [0.1, 0.15) is 24.1 Å². The Kier molecular flexibility index (Phi) is 8.62. The number of carbonyl (C=O) groups is 1. The number of hydrogen-bond donors (Lipinski definition) is 2. The highest BCUT2D eigenvalue weighted by atomic mass is 35.5. The summed E-state index contributed by atoms with van der Waals surface area (Å²) >= 11 is 7.91. The van der Waals surface area contributed by atoms with Crippen molar-refractivity contribution in [3.8, 4) is 11.5 Å². The average molecular weight is 576 g/mol. The van der Waals surface area contributed by atoms with Gasteiger partial charge in [-0.2, -0.15) is 4.98 Å². The first-order valence-electron chi connectivity index (χ1n) is 13.0. The van der Waals surface area contributed by atoms with Crippen molar-refractivity contribution in [2.24, 2.45) is 0 Å². The Labute approximate surface area is 242 Å². The maximum Gasteiger partial charge on any atom is 0.255 e. The van der Waals surface area contributed by atoms with Crippen LogP contribution < -0.4 is 20.1 Å². The zero-order chi connectivity index (χ0) is 28.1. The number of hydrogen-bond acceptors (Lipinski definition) is 7. The third-order valence-corrected chi connectivity index (χ3v) is 7.81. The molecule has 5 rings (SSSR count). The maximum absolute atomic E-state index is 13.9. The van der Waals surface area contributed by atoms with Crippen molar-refractivity contribution in [1.82, 2.24) is 14.8 Å². The van der Waals surface area contributed by atoms with Gasteiger partial charge in [-0.15, -0.1) is 5.10 Å². The van der Waals surface area contributed by atoms with Crippen LogP contribution in [0.1, 0.15) is 37.4 Å². The Hall–Kier alpha value is -3.95. The Morgan fingerprint density at radius 2 is 1.93 bits per heavy atom. The molecule has 40 heavy (non-hydrogen) atoms. The molecule has 1 aromatic heterocycles. The summed E-state index contributed by atoms with van der Waals surface area (Å²) in [5, 5.41) is 12.4. The van der Waals surface area contributed by atoms with Crippen LogP contribution in [-0.2, 0) is 11.4 Å². The second-order valence-electron chi connectivity index (χ2n) is 9.18. The second kappa shape index (κ2) is 12.5. The molecule has 0 fully saturated rings. The van der Waals surface area contributed by atoms with Gasteiger partial charge in [-0.3, -0.25) is 4.79 Å². The van der Waals surface area contributed by atoms with E-state index in [0.717, 1.165) is 23.3 Å². The van der Waals surface area contributed by atoms with E-state index in [1.54, 1.807) is 35.7 Å². The van der Waals surface area contributed by atoms with Crippen molar-refractivity contribution >= 4 is 40.9 Å². The number of aromatic nitrogens is 3. The van der Waals surface area contributed by atoms with E-state index in [-0.39, 0.29) is 5.91 Å². The van der Waals surface area contributed by atoms with Gasteiger partial charge < -0.3 is 20.1 Å². The van der Waals surface area contributed by atoms with Gasteiger partial charge in [0.05, 0.1) is 18.4 Å². The Bertz CT molecular complexity index is 1550. The highest BCUT2D eigenvalue weighted by molar-refractivity contribution is 7.99. The molecule has 1 aliphatic heterocycles. The molecule has 3 aromatic carbocycles. The quantitative estimate of drug-likeness (QED) is 0.198. The van der Waals surface area contributed by atoms with Gasteiger partial charge in [0.2, 0.25) is 11.1 Å². The number of thioether (sulfide) groups is 1. The minimum absolute atomic E-state index is 0.272. The van der Waals surface area contributed by atoms with Gasteiger partial charge >= 0.3 is 0 Å². The van der Waals surface area contributed by atoms with Crippen molar-refractivity contribution < 1.29 is 14.3 Å². The lowest BCUT2D eigenvalue weighted by molar-refractivity contribution is -0.113. The first-order chi connectivity index (χ1) is 19.5. The number of fused-ring (bicyclic) bond motifs is 1. The number of ether oxygens (including phenoxy) is 2. The van der Waals surface area contributed by atoms with Gasteiger partial charge in [-0.1, -0.05) is 72.8 Å². The summed E-state index contributed by atoms with van der Waals surface area (Å²) in [6, 6.07) is 22.1. The first kappa shape index (κ1) is 27.6. The fourth-order valence-electron chi connectivity index (χ4n) is 4.48. The Morgan fingerprint density at radius 1 is 1.12 bits per heavy atom. The largest absolute Gasteiger partial charge is 0.495 e. The van der Waals surface area contributed by atoms with Gasteiger partial charge in [0.15, 0.2) is 0 Å². The van der Waals surface area contributed by atoms with Crippen molar-refractivity contribution in [3.63, 3.8) is 0 Å². The molecule has 1 unspecified atom stereocenters. The van der Waals surface area contributed by atoms with Crippen molar-refractivity contribution in [2.45, 2.75) is 38.1 Å². The van der Waals surface area contributed by atoms with Crippen LogP contribution in [0.4, 0.5) is 11.6 Å². The molecule has 2 heterocycles. The van der Waals surface area contributed by atoms with Crippen LogP contribution in [0, 0.1) is 0 Å². The topological polar surface area (TPSA) is 90.3 Å². The number of nitrogens with zero attached hydrogens (tertiary/aromatic N) is 3. The molecule has 206 valence electrons. The molecular formula is C30H30ClN5O3S. The lowest BCUT2D eigenvalue weighted by Crippen LogP contribution is -2.31. The van der Waals surface area contributed by atoms with Crippen molar-refractivity contribution in [1.29, 1.82) is 0 Å². The second-order valence-corrected chi connectivity index (χ2v) is 10.7. The van der Waals surface area contributed by atoms with Crippen molar-refractivity contribution in [2.75, 3.05) is 23.5 Å². The summed E-state index contributed by atoms with van der Waals surface area (Å²) in [5.41, 5.74) is 3.50. The lowest BCUT2D eigenvalue weighted by Gasteiger charge is -2.29. The van der Waals surface area contributed by atoms with E-state index in [9.17, 15) is 4.79 Å². The Morgan fingerprint density at radius 3 is 2.73 bits per heavy atom. The number of amides is 1. The van der Waals surface area contributed by atoms with Crippen LogP contribution >= 0.6 is 23.4 Å². The summed E-state index contributed by atoms with van der Waals surface area (Å²) in [7, 11) is 1.58. The minimum atomic E-state index is -0.543. The van der Waals surface area contributed by atoms with E-state index < -0.39 is 6.04 Å². The maximum atomic E-state index is 13.9.